The maximum Gasteiger partial charge on any atom is 0.764 e. The predicted molar refractivity (Wildman–Crippen MR) is 41.5 cm³/mol. The van der Waals surface area contributed by atoms with Gasteiger partial charge in [0.25, 0.3) is 0 Å². The highest BCUT2D eigenvalue weighted by Gasteiger charge is 2.28. The largest absolute Gasteiger partial charge is 0.764 e. The first-order chi connectivity index (χ1) is 5.60. The van der Waals surface area contributed by atoms with Crippen LogP contribution in [0, 0.1) is 5.41 Å². The van der Waals surface area contributed by atoms with Gasteiger partial charge in [0, 0.05) is 5.41 Å². The molecule has 6 heteroatoms. The van der Waals surface area contributed by atoms with Crippen LogP contribution in [0.25, 0.3) is 0 Å². The third-order valence-corrected chi connectivity index (χ3v) is 2.31. The summed E-state index contributed by atoms with van der Waals surface area (Å²) in [6.07, 6.45) is 0.495. The predicted octanol–water partition coefficient (Wildman–Crippen LogP) is -1.21. The van der Waals surface area contributed by atoms with Crippen molar-refractivity contribution in [1.82, 2.24) is 0 Å². The van der Waals surface area contributed by atoms with Gasteiger partial charge in [-0.3, -0.25) is 4.46 Å². The van der Waals surface area contributed by atoms with Crippen LogP contribution >= 0.6 is 0 Å². The molecule has 0 saturated heterocycles. The summed E-state index contributed by atoms with van der Waals surface area (Å²) in [4.78, 5) is 8.36. The summed E-state index contributed by atoms with van der Waals surface area (Å²) in [6.45, 7) is 1.17. The monoisotopic (exact) mass is 194 g/mol. The van der Waals surface area contributed by atoms with Crippen LogP contribution in [0.2, 0.25) is 0 Å². The van der Waals surface area contributed by atoms with Crippen LogP contribution in [-0.4, -0.2) is 44.0 Å². The second-order valence-corrected chi connectivity index (χ2v) is 3.54. The molecular formula is C6H14O5Si. The molecule has 12 heavy (non-hydrogen) atoms. The minimum Gasteiger partial charge on any atom is -0.511 e. The molecule has 0 atom stereocenters. The van der Waals surface area contributed by atoms with E-state index in [0.29, 0.717) is 6.42 Å². The zero-order chi connectivity index (χ0) is 9.61. The summed E-state index contributed by atoms with van der Waals surface area (Å²) in [6, 6.07) is 0. The highest BCUT2D eigenvalue weighted by Crippen LogP contribution is 2.20. The van der Waals surface area contributed by atoms with Crippen LogP contribution < -0.4 is 0 Å². The quantitative estimate of drug-likeness (QED) is 0.462. The normalized spacial score (nSPS) is 11.2. The van der Waals surface area contributed by atoms with Crippen molar-refractivity contribution in [3.05, 3.63) is 0 Å². The Morgan fingerprint density at radius 3 is 2.17 bits per heavy atom. The number of aliphatic hydroxyl groups excluding tert-OH is 2. The number of aliphatic hydroxyl groups is 2. The highest BCUT2D eigenvalue weighted by molar-refractivity contribution is 6.24. The molecule has 72 valence electrons. The van der Waals surface area contributed by atoms with Gasteiger partial charge < -0.3 is 19.4 Å². The third-order valence-electron chi connectivity index (χ3n) is 1.92. The van der Waals surface area contributed by atoms with E-state index in [9.17, 15) is 4.46 Å². The highest BCUT2D eigenvalue weighted by atomic mass is 28.3. The van der Waals surface area contributed by atoms with Crippen molar-refractivity contribution in [2.45, 2.75) is 13.3 Å². The molecule has 0 heterocycles. The smallest absolute Gasteiger partial charge is 0.511 e. The Morgan fingerprint density at radius 2 is 1.92 bits per heavy atom. The van der Waals surface area contributed by atoms with Gasteiger partial charge in [-0.2, -0.15) is 0 Å². The van der Waals surface area contributed by atoms with Crippen LogP contribution in [0.1, 0.15) is 13.3 Å². The maximum atomic E-state index is 10.2. The lowest BCUT2D eigenvalue weighted by atomic mass is 9.88. The summed E-state index contributed by atoms with van der Waals surface area (Å²) in [7, 11) is -2.97. The number of hydrogen-bond acceptors (Lipinski definition) is 4. The molecule has 0 bridgehead atoms. The lowest BCUT2D eigenvalue weighted by Gasteiger charge is -2.26. The third kappa shape index (κ3) is 3.29. The van der Waals surface area contributed by atoms with Crippen molar-refractivity contribution in [2.24, 2.45) is 5.41 Å². The SMILES string of the molecule is CCC(CO)(CO)CO[Si](=O)O. The average molecular weight is 194 g/mol. The standard InChI is InChI=1S/C6H14O5Si/c1-2-6(3-7,4-8)5-11-12(9)10/h7-9H,2-5H2,1H3. The second-order valence-electron chi connectivity index (χ2n) is 2.72. The topological polar surface area (TPSA) is 87.0 Å². The Kier molecular flexibility index (Phi) is 5.03. The Balaban J connectivity index is 4.01. The van der Waals surface area contributed by atoms with Gasteiger partial charge >= 0.3 is 9.17 Å². The van der Waals surface area contributed by atoms with Crippen molar-refractivity contribution in [3.63, 3.8) is 0 Å². The molecule has 5 nitrogen and oxygen atoms in total. The molecule has 0 aromatic carbocycles. The maximum absolute atomic E-state index is 10.2. The molecule has 0 aromatic rings. The Labute approximate surface area is 72.5 Å². The van der Waals surface area contributed by atoms with Crippen molar-refractivity contribution >= 4 is 9.17 Å². The molecule has 0 fully saturated rings. The van der Waals surface area contributed by atoms with E-state index in [1.165, 1.54) is 0 Å². The van der Waals surface area contributed by atoms with Crippen molar-refractivity contribution < 1.29 is 23.9 Å². The molecule has 0 aromatic heterocycles. The zero-order valence-corrected chi connectivity index (χ0v) is 7.99. The first-order valence-corrected chi connectivity index (χ1v) is 4.94. The van der Waals surface area contributed by atoms with Gasteiger partial charge in [-0.05, 0) is 6.42 Å². The van der Waals surface area contributed by atoms with Crippen molar-refractivity contribution in [3.8, 4) is 0 Å². The fraction of sp³-hybridized carbons (Fsp3) is 1.00. The molecule has 0 aliphatic heterocycles. The second kappa shape index (κ2) is 5.23. The summed E-state index contributed by atoms with van der Waals surface area (Å²) in [5.74, 6) is 0. The lowest BCUT2D eigenvalue weighted by molar-refractivity contribution is 0.00301. The van der Waals surface area contributed by atoms with Crippen LogP contribution in [0.4, 0.5) is 0 Å². The van der Waals surface area contributed by atoms with E-state index in [1.54, 1.807) is 6.92 Å². The molecular weight excluding hydrogens is 180 g/mol. The number of rotatable bonds is 6. The minimum absolute atomic E-state index is 0.0925. The minimum atomic E-state index is -2.97. The van der Waals surface area contributed by atoms with E-state index >= 15 is 0 Å². The van der Waals surface area contributed by atoms with E-state index in [1.807, 2.05) is 0 Å². The Morgan fingerprint density at radius 1 is 1.42 bits per heavy atom. The van der Waals surface area contributed by atoms with Crippen molar-refractivity contribution in [2.75, 3.05) is 19.8 Å². The Hall–Kier alpha value is -0.463. The summed E-state index contributed by atoms with van der Waals surface area (Å²) in [5.41, 5.74) is -0.789. The molecule has 0 radical (unpaired) electrons. The first kappa shape index (κ1) is 11.5. The van der Waals surface area contributed by atoms with Gasteiger partial charge in [0.1, 0.15) is 0 Å². The van der Waals surface area contributed by atoms with Crippen LogP contribution in [0.15, 0.2) is 0 Å². The van der Waals surface area contributed by atoms with Crippen molar-refractivity contribution in [1.29, 1.82) is 0 Å². The molecule has 0 aliphatic carbocycles. The van der Waals surface area contributed by atoms with Gasteiger partial charge in [0.2, 0.25) is 0 Å². The van der Waals surface area contributed by atoms with Gasteiger partial charge in [0.15, 0.2) is 0 Å². The van der Waals surface area contributed by atoms with E-state index < -0.39 is 14.6 Å². The summed E-state index contributed by atoms with van der Waals surface area (Å²) < 4.78 is 14.7. The summed E-state index contributed by atoms with van der Waals surface area (Å²) in [5, 5.41) is 17.8. The molecule has 0 rings (SSSR count). The molecule has 0 aliphatic rings. The van der Waals surface area contributed by atoms with E-state index in [-0.39, 0.29) is 19.8 Å². The molecule has 0 spiro atoms. The van der Waals surface area contributed by atoms with Gasteiger partial charge in [-0.25, -0.2) is 0 Å². The molecule has 0 unspecified atom stereocenters. The van der Waals surface area contributed by atoms with E-state index in [0.717, 1.165) is 0 Å². The zero-order valence-electron chi connectivity index (χ0n) is 6.99. The lowest BCUT2D eigenvalue weighted by Crippen LogP contribution is -2.35. The fourth-order valence-electron chi connectivity index (χ4n) is 0.682. The first-order valence-electron chi connectivity index (χ1n) is 3.67. The average Bonchev–Trinajstić information content (AvgIpc) is 2.08. The van der Waals surface area contributed by atoms with Gasteiger partial charge in [-0.15, -0.1) is 0 Å². The fourth-order valence-corrected chi connectivity index (χ4v) is 1.11. The van der Waals surface area contributed by atoms with E-state index in [4.69, 9.17) is 15.0 Å². The van der Waals surface area contributed by atoms with Crippen LogP contribution in [0.3, 0.4) is 0 Å². The van der Waals surface area contributed by atoms with Crippen LogP contribution in [-0.2, 0) is 8.89 Å². The van der Waals surface area contributed by atoms with Gasteiger partial charge in [-0.1, -0.05) is 6.92 Å². The van der Waals surface area contributed by atoms with Gasteiger partial charge in [0.05, 0.1) is 19.8 Å². The molecule has 3 N–H and O–H groups in total. The summed E-state index contributed by atoms with van der Waals surface area (Å²) >= 11 is 0. The molecule has 0 saturated carbocycles. The van der Waals surface area contributed by atoms with Crippen LogP contribution in [0.5, 0.6) is 0 Å². The molecule has 0 amide bonds. The Bertz CT molecular complexity index is 137. The van der Waals surface area contributed by atoms with E-state index in [2.05, 4.69) is 4.43 Å². The number of hydrogen-bond donors (Lipinski definition) is 3.